The van der Waals surface area contributed by atoms with Gasteiger partial charge in [-0.3, -0.25) is 0 Å². The van der Waals surface area contributed by atoms with Gasteiger partial charge in [0.1, 0.15) is 0 Å². The maximum Gasteiger partial charge on any atom is 0.0342 e. The van der Waals surface area contributed by atoms with E-state index in [1.165, 1.54) is 51.5 Å². The predicted molar refractivity (Wildman–Crippen MR) is 129 cm³/mol. The minimum atomic E-state index is 1.25. The molecule has 0 spiro atoms. The summed E-state index contributed by atoms with van der Waals surface area (Å²) in [6.45, 7) is 0. The molecule has 2 heteroatoms. The van der Waals surface area contributed by atoms with Gasteiger partial charge in [-0.25, -0.2) is 0 Å². The fourth-order valence-electron chi connectivity index (χ4n) is 3.48. The minimum absolute atomic E-state index is 1.25. The van der Waals surface area contributed by atoms with Crippen molar-refractivity contribution in [3.63, 3.8) is 0 Å². The Kier molecular flexibility index (Phi) is 5.09. The SMILES string of the molecule is c1ccc(-c2cc(-c3ccc(-c4cccs4)cc3)cc(-c3ccccc3)p2)cc1. The van der Waals surface area contributed by atoms with Crippen molar-refractivity contribution in [2.75, 3.05) is 0 Å². The van der Waals surface area contributed by atoms with Crippen molar-refractivity contribution in [2.45, 2.75) is 0 Å². The second kappa shape index (κ2) is 8.17. The monoisotopic (exact) mass is 406 g/mol. The number of hydrogen-bond donors (Lipinski definition) is 0. The molecule has 0 saturated carbocycles. The van der Waals surface area contributed by atoms with E-state index in [2.05, 4.69) is 115 Å². The van der Waals surface area contributed by atoms with Gasteiger partial charge in [0, 0.05) is 15.5 Å². The average molecular weight is 406 g/mol. The van der Waals surface area contributed by atoms with Crippen LogP contribution in [-0.4, -0.2) is 0 Å². The molecule has 2 aromatic heterocycles. The van der Waals surface area contributed by atoms with E-state index in [-0.39, 0.29) is 0 Å². The smallest absolute Gasteiger partial charge is 0.0342 e. The molecular formula is C27H19PS. The van der Waals surface area contributed by atoms with E-state index in [9.17, 15) is 0 Å². The molecule has 0 radical (unpaired) electrons. The molecule has 5 rings (SSSR count). The highest BCUT2D eigenvalue weighted by atomic mass is 32.1. The van der Waals surface area contributed by atoms with Crippen LogP contribution >= 0.6 is 19.5 Å². The largest absolute Gasteiger partial charge is 0.144 e. The Balaban J connectivity index is 1.62. The van der Waals surface area contributed by atoms with Crippen LogP contribution in [0.5, 0.6) is 0 Å². The number of thiophene rings is 1. The van der Waals surface area contributed by atoms with Gasteiger partial charge in [-0.1, -0.05) is 99.2 Å². The predicted octanol–water partition coefficient (Wildman–Crippen LogP) is 9.00. The zero-order valence-electron chi connectivity index (χ0n) is 15.8. The van der Waals surface area contributed by atoms with E-state index in [1.54, 1.807) is 11.3 Å². The molecule has 3 aromatic carbocycles. The Bertz CT molecular complexity index is 1150. The maximum absolute atomic E-state index is 2.34. The minimum Gasteiger partial charge on any atom is -0.144 e. The zero-order chi connectivity index (χ0) is 19.5. The highest BCUT2D eigenvalue weighted by Crippen LogP contribution is 2.41. The Morgan fingerprint density at radius 1 is 0.448 bits per heavy atom. The van der Waals surface area contributed by atoms with Crippen molar-refractivity contribution in [1.29, 1.82) is 0 Å². The molecule has 0 nitrogen and oxygen atoms in total. The van der Waals surface area contributed by atoms with Crippen LogP contribution in [0.2, 0.25) is 0 Å². The summed E-state index contributed by atoms with van der Waals surface area (Å²) in [4.78, 5) is 1.31. The quantitative estimate of drug-likeness (QED) is 0.279. The van der Waals surface area contributed by atoms with E-state index in [0.29, 0.717) is 0 Å². The molecule has 0 unspecified atom stereocenters. The first-order chi connectivity index (χ1) is 14.4. The second-order valence-electron chi connectivity index (χ2n) is 6.91. The first-order valence-electron chi connectivity index (χ1n) is 9.64. The van der Waals surface area contributed by atoms with Crippen molar-refractivity contribution >= 4 is 19.5 Å². The van der Waals surface area contributed by atoms with Gasteiger partial charge in [0.25, 0.3) is 0 Å². The van der Waals surface area contributed by atoms with Gasteiger partial charge in [-0.15, -0.1) is 11.3 Å². The summed E-state index contributed by atoms with van der Waals surface area (Å²) >= 11 is 1.78. The van der Waals surface area contributed by atoms with E-state index < -0.39 is 0 Å². The third-order valence-electron chi connectivity index (χ3n) is 4.99. The Morgan fingerprint density at radius 3 is 1.52 bits per heavy atom. The Morgan fingerprint density at radius 2 is 1.00 bits per heavy atom. The van der Waals surface area contributed by atoms with E-state index >= 15 is 0 Å². The van der Waals surface area contributed by atoms with E-state index in [4.69, 9.17) is 0 Å². The van der Waals surface area contributed by atoms with Gasteiger partial charge in [0.15, 0.2) is 0 Å². The molecule has 0 bridgehead atoms. The zero-order valence-corrected chi connectivity index (χ0v) is 17.5. The highest BCUT2D eigenvalue weighted by Gasteiger charge is 2.08. The summed E-state index contributed by atoms with van der Waals surface area (Å²) in [6.07, 6.45) is 0. The third-order valence-corrected chi connectivity index (χ3v) is 7.16. The lowest BCUT2D eigenvalue weighted by Gasteiger charge is -2.11. The van der Waals surface area contributed by atoms with Crippen molar-refractivity contribution in [1.82, 2.24) is 0 Å². The summed E-state index contributed by atoms with van der Waals surface area (Å²) in [5.41, 5.74) is 6.35. The molecule has 0 aliphatic rings. The van der Waals surface area contributed by atoms with Gasteiger partial charge in [-0.05, 0) is 51.4 Å². The van der Waals surface area contributed by atoms with E-state index in [0.717, 1.165) is 0 Å². The van der Waals surface area contributed by atoms with Gasteiger partial charge >= 0.3 is 0 Å². The first kappa shape index (κ1) is 18.1. The van der Waals surface area contributed by atoms with Crippen LogP contribution in [0.4, 0.5) is 0 Å². The van der Waals surface area contributed by atoms with Gasteiger partial charge in [-0.2, -0.15) is 0 Å². The van der Waals surface area contributed by atoms with Crippen molar-refractivity contribution in [2.24, 2.45) is 0 Å². The second-order valence-corrected chi connectivity index (χ2v) is 9.05. The fraction of sp³-hybridized carbons (Fsp3) is 0. The van der Waals surface area contributed by atoms with E-state index in [1.807, 2.05) is 0 Å². The van der Waals surface area contributed by atoms with Crippen molar-refractivity contribution in [3.05, 3.63) is 115 Å². The first-order valence-corrected chi connectivity index (χ1v) is 11.4. The van der Waals surface area contributed by atoms with Crippen LogP contribution in [0.15, 0.2) is 115 Å². The van der Waals surface area contributed by atoms with Crippen molar-refractivity contribution in [3.8, 4) is 43.3 Å². The number of rotatable bonds is 4. The molecule has 0 aliphatic heterocycles. The van der Waals surface area contributed by atoms with Crippen LogP contribution in [0.25, 0.3) is 43.3 Å². The molecule has 0 fully saturated rings. The number of hydrogen-bond acceptors (Lipinski definition) is 1. The maximum atomic E-state index is 2.34. The van der Waals surface area contributed by atoms with Crippen LogP contribution < -0.4 is 0 Å². The lowest BCUT2D eigenvalue weighted by molar-refractivity contribution is 1.62. The fourth-order valence-corrected chi connectivity index (χ4v) is 5.44. The molecular weight excluding hydrogens is 387 g/mol. The standard InChI is InChI=1S/C27H19PS/c1-3-8-21(9-4-1)25-18-24(19-26(28-25)22-10-5-2-6-11-22)20-13-15-23(16-14-20)27-12-7-17-29-27/h1-19H. The molecule has 2 heterocycles. The average Bonchev–Trinajstić information content (AvgIpc) is 3.35. The molecule has 0 N–H and O–H groups in total. The van der Waals surface area contributed by atoms with Gasteiger partial charge < -0.3 is 0 Å². The molecule has 0 aliphatic carbocycles. The molecule has 138 valence electrons. The van der Waals surface area contributed by atoms with Crippen LogP contribution in [0.3, 0.4) is 0 Å². The molecule has 0 atom stereocenters. The van der Waals surface area contributed by atoms with Crippen LogP contribution in [-0.2, 0) is 0 Å². The summed E-state index contributed by atoms with van der Waals surface area (Å²) in [5.74, 6) is 0. The summed E-state index contributed by atoms with van der Waals surface area (Å²) in [6, 6.07) is 39.3. The molecule has 0 saturated heterocycles. The summed E-state index contributed by atoms with van der Waals surface area (Å²) < 4.78 is 0. The topological polar surface area (TPSA) is 0 Å². The van der Waals surface area contributed by atoms with Gasteiger partial charge in [0.05, 0.1) is 0 Å². The molecule has 0 amide bonds. The van der Waals surface area contributed by atoms with Crippen LogP contribution in [0, 0.1) is 0 Å². The number of benzene rings is 3. The lowest BCUT2D eigenvalue weighted by Crippen LogP contribution is -1.83. The molecule has 29 heavy (non-hydrogen) atoms. The van der Waals surface area contributed by atoms with Crippen molar-refractivity contribution < 1.29 is 0 Å². The third kappa shape index (κ3) is 3.93. The highest BCUT2D eigenvalue weighted by molar-refractivity contribution is 7.37. The summed E-state index contributed by atoms with van der Waals surface area (Å²) in [7, 11) is 1.25. The van der Waals surface area contributed by atoms with Crippen LogP contribution in [0.1, 0.15) is 0 Å². The molecule has 5 aromatic rings. The normalized spacial score (nSPS) is 10.8. The summed E-state index contributed by atoms with van der Waals surface area (Å²) in [5, 5.41) is 4.80. The van der Waals surface area contributed by atoms with Gasteiger partial charge in [0.2, 0.25) is 0 Å². The lowest BCUT2D eigenvalue weighted by atomic mass is 10.0. The Hall–Kier alpha value is -2.99. The Labute approximate surface area is 177 Å².